The highest BCUT2D eigenvalue weighted by atomic mass is 32.1. The molecule has 0 radical (unpaired) electrons. The third-order valence-corrected chi connectivity index (χ3v) is 4.46. The van der Waals surface area contributed by atoms with E-state index in [0.717, 1.165) is 29.5 Å². The van der Waals surface area contributed by atoms with Gasteiger partial charge in [0.1, 0.15) is 0 Å². The Morgan fingerprint density at radius 3 is 2.79 bits per heavy atom. The number of anilines is 1. The number of hydrogen-bond acceptors (Lipinski definition) is 5. The predicted octanol–water partition coefficient (Wildman–Crippen LogP) is 2.55. The Balaban J connectivity index is 2.00. The molecule has 0 aliphatic carbocycles. The molecule has 102 valence electrons. The summed E-state index contributed by atoms with van der Waals surface area (Å²) in [6, 6.07) is 6.06. The molecule has 0 aromatic carbocycles. The van der Waals surface area contributed by atoms with Crippen molar-refractivity contribution >= 4 is 16.5 Å². The van der Waals surface area contributed by atoms with Gasteiger partial charge in [0, 0.05) is 42.8 Å². The fraction of sp³-hybridized carbons (Fsp3) is 0.429. The van der Waals surface area contributed by atoms with E-state index in [1.165, 1.54) is 4.88 Å². The van der Waals surface area contributed by atoms with Crippen molar-refractivity contribution in [3.63, 3.8) is 0 Å². The van der Waals surface area contributed by atoms with Crippen molar-refractivity contribution in [1.82, 2.24) is 9.97 Å². The second kappa shape index (κ2) is 6.12. The molecule has 0 amide bonds. The van der Waals surface area contributed by atoms with E-state index < -0.39 is 0 Å². The van der Waals surface area contributed by atoms with Gasteiger partial charge < -0.3 is 10.6 Å². The number of nitrogens with zero attached hydrogens (tertiary/aromatic N) is 3. The average molecular weight is 276 g/mol. The fourth-order valence-electron chi connectivity index (χ4n) is 1.90. The lowest BCUT2D eigenvalue weighted by Gasteiger charge is -2.15. The largest absolute Gasteiger partial charge is 0.351 e. The molecule has 5 heteroatoms. The molecule has 19 heavy (non-hydrogen) atoms. The normalized spacial score (nSPS) is 12.4. The number of nitrogens with two attached hydrogens (primary N) is 1. The zero-order chi connectivity index (χ0) is 13.8. The van der Waals surface area contributed by atoms with E-state index in [1.54, 1.807) is 11.3 Å². The number of hydrogen-bond donors (Lipinski definition) is 1. The minimum absolute atomic E-state index is 0.0513. The topological polar surface area (TPSA) is 55.0 Å². The highest BCUT2D eigenvalue weighted by Crippen LogP contribution is 2.28. The Kier molecular flexibility index (Phi) is 4.50. The summed E-state index contributed by atoms with van der Waals surface area (Å²) in [6.45, 7) is 4.92. The van der Waals surface area contributed by atoms with Crippen molar-refractivity contribution < 1.29 is 0 Å². The monoisotopic (exact) mass is 276 g/mol. The lowest BCUT2D eigenvalue weighted by Crippen LogP contribution is -2.20. The van der Waals surface area contributed by atoms with Gasteiger partial charge in [0.05, 0.1) is 5.69 Å². The molecule has 0 saturated carbocycles. The zero-order valence-electron chi connectivity index (χ0n) is 11.6. The van der Waals surface area contributed by atoms with E-state index in [0.29, 0.717) is 0 Å². The molecule has 1 unspecified atom stereocenters. The van der Waals surface area contributed by atoms with Crippen LogP contribution in [0.5, 0.6) is 0 Å². The molecule has 0 fully saturated rings. The van der Waals surface area contributed by atoms with Crippen molar-refractivity contribution in [3.05, 3.63) is 40.7 Å². The van der Waals surface area contributed by atoms with Crippen LogP contribution in [0.15, 0.2) is 24.4 Å². The molecule has 2 aromatic heterocycles. The van der Waals surface area contributed by atoms with E-state index in [1.807, 2.05) is 38.2 Å². The summed E-state index contributed by atoms with van der Waals surface area (Å²) in [4.78, 5) is 12.3. The van der Waals surface area contributed by atoms with Crippen LogP contribution in [0, 0.1) is 6.92 Å². The quantitative estimate of drug-likeness (QED) is 0.912. The molecule has 2 aromatic rings. The van der Waals surface area contributed by atoms with Crippen LogP contribution in [0.2, 0.25) is 0 Å². The maximum atomic E-state index is 5.93. The van der Waals surface area contributed by atoms with Gasteiger partial charge >= 0.3 is 0 Å². The smallest absolute Gasteiger partial charge is 0.185 e. The van der Waals surface area contributed by atoms with Crippen LogP contribution in [-0.2, 0) is 6.42 Å². The first kappa shape index (κ1) is 14.0. The van der Waals surface area contributed by atoms with Gasteiger partial charge in [-0.15, -0.1) is 11.3 Å². The van der Waals surface area contributed by atoms with Crippen LogP contribution in [0.25, 0.3) is 0 Å². The van der Waals surface area contributed by atoms with Crippen LogP contribution >= 0.6 is 11.3 Å². The summed E-state index contributed by atoms with van der Waals surface area (Å²) in [5.41, 5.74) is 8.08. The van der Waals surface area contributed by atoms with E-state index in [4.69, 9.17) is 5.73 Å². The van der Waals surface area contributed by atoms with Crippen LogP contribution in [-0.4, -0.2) is 23.6 Å². The highest BCUT2D eigenvalue weighted by Gasteiger charge is 2.13. The van der Waals surface area contributed by atoms with Crippen molar-refractivity contribution in [3.8, 4) is 0 Å². The average Bonchev–Trinajstić information content (AvgIpc) is 2.79. The van der Waals surface area contributed by atoms with Crippen LogP contribution in [0.3, 0.4) is 0 Å². The maximum absolute atomic E-state index is 5.93. The molecule has 0 aliphatic rings. The van der Waals surface area contributed by atoms with E-state index in [-0.39, 0.29) is 6.04 Å². The van der Waals surface area contributed by atoms with Crippen molar-refractivity contribution in [2.24, 2.45) is 5.73 Å². The number of rotatable bonds is 5. The molecular weight excluding hydrogens is 256 g/mol. The number of likely N-dealkylation sites (N-methyl/N-ethyl adjacent to an activating group) is 1. The number of thiazole rings is 1. The van der Waals surface area contributed by atoms with E-state index >= 15 is 0 Å². The summed E-state index contributed by atoms with van der Waals surface area (Å²) < 4.78 is 0. The summed E-state index contributed by atoms with van der Waals surface area (Å²) >= 11 is 1.68. The summed E-state index contributed by atoms with van der Waals surface area (Å²) in [5.74, 6) is 0. The Bertz CT molecular complexity index is 521. The van der Waals surface area contributed by atoms with Gasteiger partial charge in [-0.2, -0.15) is 0 Å². The van der Waals surface area contributed by atoms with Gasteiger partial charge in [-0.05, 0) is 26.0 Å². The van der Waals surface area contributed by atoms with E-state index in [9.17, 15) is 0 Å². The highest BCUT2D eigenvalue weighted by molar-refractivity contribution is 7.15. The van der Waals surface area contributed by atoms with Gasteiger partial charge in [-0.3, -0.25) is 4.98 Å². The predicted molar refractivity (Wildman–Crippen MR) is 80.7 cm³/mol. The van der Waals surface area contributed by atoms with Gasteiger partial charge in [0.15, 0.2) is 5.13 Å². The van der Waals surface area contributed by atoms with Crippen LogP contribution in [0.1, 0.15) is 29.2 Å². The van der Waals surface area contributed by atoms with Gasteiger partial charge in [-0.25, -0.2) is 4.98 Å². The minimum atomic E-state index is 0.0513. The van der Waals surface area contributed by atoms with Crippen LogP contribution in [0.4, 0.5) is 5.13 Å². The standard InChI is InChI=1S/C14H20N4S/c1-10(15)13-11(2)17-14(19-13)18(3)9-7-12-6-4-5-8-16-12/h4-6,8,10H,7,9,15H2,1-3H3. The Morgan fingerprint density at radius 2 is 2.21 bits per heavy atom. The maximum Gasteiger partial charge on any atom is 0.185 e. The third kappa shape index (κ3) is 3.52. The van der Waals surface area contributed by atoms with Crippen LogP contribution < -0.4 is 10.6 Å². The minimum Gasteiger partial charge on any atom is -0.351 e. The molecule has 0 spiro atoms. The van der Waals surface area contributed by atoms with E-state index in [2.05, 4.69) is 21.9 Å². The Morgan fingerprint density at radius 1 is 1.42 bits per heavy atom. The lowest BCUT2D eigenvalue weighted by atomic mass is 10.2. The Hall–Kier alpha value is -1.46. The molecule has 1 atom stereocenters. The van der Waals surface area contributed by atoms with Gasteiger partial charge in [-0.1, -0.05) is 6.07 Å². The molecule has 2 rings (SSSR count). The first-order valence-corrected chi connectivity index (χ1v) is 7.23. The van der Waals surface area contributed by atoms with Gasteiger partial charge in [0.25, 0.3) is 0 Å². The molecule has 0 saturated heterocycles. The molecular formula is C14H20N4S. The number of pyridine rings is 1. The summed E-state index contributed by atoms with van der Waals surface area (Å²) in [7, 11) is 2.06. The Labute approximate surface area is 118 Å². The summed E-state index contributed by atoms with van der Waals surface area (Å²) in [6.07, 6.45) is 2.75. The first-order chi connectivity index (χ1) is 9.08. The molecule has 2 N–H and O–H groups in total. The fourth-order valence-corrected chi connectivity index (χ4v) is 2.91. The first-order valence-electron chi connectivity index (χ1n) is 6.42. The molecule has 4 nitrogen and oxygen atoms in total. The number of aromatic nitrogens is 2. The lowest BCUT2D eigenvalue weighted by molar-refractivity contribution is 0.823. The SMILES string of the molecule is Cc1nc(N(C)CCc2ccccn2)sc1C(C)N. The van der Waals surface area contributed by atoms with Crippen molar-refractivity contribution in [1.29, 1.82) is 0 Å². The second-order valence-electron chi connectivity index (χ2n) is 4.73. The molecule has 2 heterocycles. The van der Waals surface area contributed by atoms with Crippen molar-refractivity contribution in [2.75, 3.05) is 18.5 Å². The third-order valence-electron chi connectivity index (χ3n) is 2.99. The van der Waals surface area contributed by atoms with Crippen molar-refractivity contribution in [2.45, 2.75) is 26.3 Å². The molecule has 0 aliphatic heterocycles. The van der Waals surface area contributed by atoms with Gasteiger partial charge in [0.2, 0.25) is 0 Å². The number of aryl methyl sites for hydroxylation is 1. The zero-order valence-corrected chi connectivity index (χ0v) is 12.4. The second-order valence-corrected chi connectivity index (χ2v) is 5.74. The molecule has 0 bridgehead atoms. The summed E-state index contributed by atoms with van der Waals surface area (Å²) in [5, 5.41) is 1.03.